The van der Waals surface area contributed by atoms with E-state index in [4.69, 9.17) is 14.3 Å². The Kier molecular flexibility index (Phi) is 5.39. The van der Waals surface area contributed by atoms with Gasteiger partial charge in [0.15, 0.2) is 5.76 Å². The second kappa shape index (κ2) is 8.46. The van der Waals surface area contributed by atoms with E-state index in [1.54, 1.807) is 7.11 Å². The van der Waals surface area contributed by atoms with Crippen molar-refractivity contribution >= 4 is 11.0 Å². The number of aromatic nitrogens is 2. The minimum atomic E-state index is 0.615. The summed E-state index contributed by atoms with van der Waals surface area (Å²) < 4.78 is 13.6. The molecule has 2 aromatic carbocycles. The first-order valence-electron chi connectivity index (χ1n) is 10.6. The number of rotatable bonds is 7. The maximum atomic E-state index is 6.17. The number of ether oxygens (including phenoxy) is 1. The van der Waals surface area contributed by atoms with Gasteiger partial charge in [0, 0.05) is 37.3 Å². The van der Waals surface area contributed by atoms with Crippen molar-refractivity contribution in [2.75, 3.05) is 26.8 Å². The Hall–Kier alpha value is -2.89. The Balaban J connectivity index is 1.45. The van der Waals surface area contributed by atoms with E-state index in [0.29, 0.717) is 5.92 Å². The number of fused-ring (bicyclic) bond motifs is 1. The van der Waals surface area contributed by atoms with Crippen molar-refractivity contribution < 1.29 is 9.15 Å². The third-order valence-corrected chi connectivity index (χ3v) is 5.85. The standard InChI is InChI=1S/C25H27N3O2/c1-29-18-20-11-12-27(14-20)16-22-17-28(15-19-7-3-2-4-8-19)26-25(22)24-13-21-9-5-6-10-23(21)30-24/h2-10,13,17,20H,11-12,14-16,18H2,1H3/t20-/m0/s1. The third kappa shape index (κ3) is 4.04. The highest BCUT2D eigenvalue weighted by Gasteiger charge is 2.25. The van der Waals surface area contributed by atoms with Gasteiger partial charge in [0.25, 0.3) is 0 Å². The molecule has 5 rings (SSSR count). The van der Waals surface area contributed by atoms with Gasteiger partial charge in [0.05, 0.1) is 13.2 Å². The Labute approximate surface area is 176 Å². The fourth-order valence-electron chi connectivity index (χ4n) is 4.40. The molecular formula is C25H27N3O2. The van der Waals surface area contributed by atoms with Crippen LogP contribution in [0.3, 0.4) is 0 Å². The predicted molar refractivity (Wildman–Crippen MR) is 118 cm³/mol. The SMILES string of the molecule is COC[C@H]1CCN(Cc2cn(Cc3ccccc3)nc2-c2cc3ccccc3o2)C1. The number of hydrogen-bond acceptors (Lipinski definition) is 4. The van der Waals surface area contributed by atoms with Gasteiger partial charge in [0.1, 0.15) is 11.3 Å². The first-order chi connectivity index (χ1) is 14.8. The molecule has 3 heterocycles. The van der Waals surface area contributed by atoms with Gasteiger partial charge in [0.2, 0.25) is 0 Å². The summed E-state index contributed by atoms with van der Waals surface area (Å²) in [6.07, 6.45) is 3.37. The van der Waals surface area contributed by atoms with Crippen molar-refractivity contribution in [2.45, 2.75) is 19.5 Å². The Bertz CT molecular complexity index is 1080. The van der Waals surface area contributed by atoms with Gasteiger partial charge in [-0.25, -0.2) is 0 Å². The van der Waals surface area contributed by atoms with Crippen LogP contribution in [0.15, 0.2) is 71.3 Å². The minimum absolute atomic E-state index is 0.615. The van der Waals surface area contributed by atoms with Gasteiger partial charge < -0.3 is 9.15 Å². The van der Waals surface area contributed by atoms with E-state index in [1.807, 2.05) is 28.9 Å². The van der Waals surface area contributed by atoms with Crippen LogP contribution in [0.2, 0.25) is 0 Å². The largest absolute Gasteiger partial charge is 0.454 e. The predicted octanol–water partition coefficient (Wildman–Crippen LogP) is 4.81. The van der Waals surface area contributed by atoms with Gasteiger partial charge >= 0.3 is 0 Å². The second-order valence-electron chi connectivity index (χ2n) is 8.18. The lowest BCUT2D eigenvalue weighted by Crippen LogP contribution is -2.21. The maximum Gasteiger partial charge on any atom is 0.156 e. The van der Waals surface area contributed by atoms with E-state index >= 15 is 0 Å². The van der Waals surface area contributed by atoms with E-state index in [2.05, 4.69) is 47.5 Å². The summed E-state index contributed by atoms with van der Waals surface area (Å²) in [6.45, 7) is 4.62. The van der Waals surface area contributed by atoms with E-state index in [0.717, 1.165) is 55.2 Å². The van der Waals surface area contributed by atoms with E-state index in [-0.39, 0.29) is 0 Å². The van der Waals surface area contributed by atoms with Gasteiger partial charge in [-0.1, -0.05) is 48.5 Å². The molecular weight excluding hydrogens is 374 g/mol. The molecule has 2 aromatic heterocycles. The first-order valence-corrected chi connectivity index (χ1v) is 10.6. The van der Waals surface area contributed by atoms with Crippen LogP contribution >= 0.6 is 0 Å². The van der Waals surface area contributed by atoms with Crippen LogP contribution < -0.4 is 0 Å². The summed E-state index contributed by atoms with van der Waals surface area (Å²) in [5.74, 6) is 1.45. The van der Waals surface area contributed by atoms with Crippen molar-refractivity contribution in [3.63, 3.8) is 0 Å². The highest BCUT2D eigenvalue weighted by molar-refractivity contribution is 5.82. The summed E-state index contributed by atoms with van der Waals surface area (Å²) in [5.41, 5.74) is 4.29. The molecule has 0 N–H and O–H groups in total. The fraction of sp³-hybridized carbons (Fsp3) is 0.320. The molecule has 1 aliphatic heterocycles. The minimum Gasteiger partial charge on any atom is -0.454 e. The average Bonchev–Trinajstić information content (AvgIpc) is 3.48. The quantitative estimate of drug-likeness (QED) is 0.446. The zero-order chi connectivity index (χ0) is 20.3. The number of nitrogens with zero attached hydrogens (tertiary/aromatic N) is 3. The summed E-state index contributed by atoms with van der Waals surface area (Å²) >= 11 is 0. The van der Waals surface area contributed by atoms with Crippen LogP contribution in [-0.2, 0) is 17.8 Å². The lowest BCUT2D eigenvalue weighted by molar-refractivity contribution is 0.152. The van der Waals surface area contributed by atoms with Crippen molar-refractivity contribution in [3.8, 4) is 11.5 Å². The third-order valence-electron chi connectivity index (χ3n) is 5.85. The normalized spacial score (nSPS) is 17.2. The molecule has 0 bridgehead atoms. The zero-order valence-electron chi connectivity index (χ0n) is 17.3. The number of likely N-dealkylation sites (tertiary alicyclic amines) is 1. The van der Waals surface area contributed by atoms with E-state index in [1.165, 1.54) is 17.5 Å². The molecule has 0 saturated carbocycles. The maximum absolute atomic E-state index is 6.17. The number of methoxy groups -OCH3 is 1. The van der Waals surface area contributed by atoms with Crippen molar-refractivity contribution in [3.05, 3.63) is 78.0 Å². The number of hydrogen-bond donors (Lipinski definition) is 0. The molecule has 0 unspecified atom stereocenters. The van der Waals surface area contributed by atoms with Crippen LogP contribution in [0.5, 0.6) is 0 Å². The Morgan fingerprint density at radius 2 is 1.90 bits per heavy atom. The molecule has 0 amide bonds. The molecule has 1 aliphatic rings. The molecule has 1 saturated heterocycles. The van der Waals surface area contributed by atoms with Gasteiger partial charge in [-0.2, -0.15) is 5.10 Å². The van der Waals surface area contributed by atoms with Crippen LogP contribution in [0.25, 0.3) is 22.4 Å². The van der Waals surface area contributed by atoms with Crippen molar-refractivity contribution in [1.29, 1.82) is 0 Å². The lowest BCUT2D eigenvalue weighted by Gasteiger charge is -2.15. The molecule has 5 heteroatoms. The molecule has 1 fully saturated rings. The average molecular weight is 402 g/mol. The van der Waals surface area contributed by atoms with E-state index < -0.39 is 0 Å². The lowest BCUT2D eigenvalue weighted by atomic mass is 10.1. The second-order valence-corrected chi connectivity index (χ2v) is 8.18. The van der Waals surface area contributed by atoms with Crippen LogP contribution in [0, 0.1) is 5.92 Å². The molecule has 154 valence electrons. The number of furan rings is 1. The van der Waals surface area contributed by atoms with E-state index in [9.17, 15) is 0 Å². The van der Waals surface area contributed by atoms with Crippen LogP contribution in [0.1, 0.15) is 17.5 Å². The summed E-state index contributed by atoms with van der Waals surface area (Å²) in [5, 5.41) is 6.05. The molecule has 4 aromatic rings. The zero-order valence-corrected chi connectivity index (χ0v) is 17.3. The molecule has 30 heavy (non-hydrogen) atoms. The monoisotopic (exact) mass is 401 g/mol. The smallest absolute Gasteiger partial charge is 0.156 e. The number of benzene rings is 2. The molecule has 0 spiro atoms. The van der Waals surface area contributed by atoms with Crippen molar-refractivity contribution in [1.82, 2.24) is 14.7 Å². The molecule has 1 atom stereocenters. The topological polar surface area (TPSA) is 43.4 Å². The molecule has 0 aliphatic carbocycles. The van der Waals surface area contributed by atoms with Gasteiger partial charge in [-0.15, -0.1) is 0 Å². The summed E-state index contributed by atoms with van der Waals surface area (Å²) in [4.78, 5) is 2.50. The molecule has 5 nitrogen and oxygen atoms in total. The van der Waals surface area contributed by atoms with Crippen LogP contribution in [0.4, 0.5) is 0 Å². The Morgan fingerprint density at radius 3 is 2.73 bits per heavy atom. The summed E-state index contributed by atoms with van der Waals surface area (Å²) in [6, 6.07) is 20.7. The summed E-state index contributed by atoms with van der Waals surface area (Å²) in [7, 11) is 1.79. The highest BCUT2D eigenvalue weighted by atomic mass is 16.5. The van der Waals surface area contributed by atoms with Gasteiger partial charge in [-0.3, -0.25) is 9.58 Å². The number of para-hydroxylation sites is 1. The van der Waals surface area contributed by atoms with Crippen molar-refractivity contribution in [2.24, 2.45) is 5.92 Å². The van der Waals surface area contributed by atoms with Crippen LogP contribution in [-0.4, -0.2) is 41.5 Å². The van der Waals surface area contributed by atoms with Gasteiger partial charge in [-0.05, 0) is 36.6 Å². The molecule has 0 radical (unpaired) electrons. The highest BCUT2D eigenvalue weighted by Crippen LogP contribution is 2.31. The fourth-order valence-corrected chi connectivity index (χ4v) is 4.40. The Morgan fingerprint density at radius 1 is 1.07 bits per heavy atom. The first kappa shape index (κ1) is 19.1.